The molecule has 3 aliphatic heterocycles. The van der Waals surface area contributed by atoms with Gasteiger partial charge in [-0.3, -0.25) is 9.98 Å². The fourth-order valence-corrected chi connectivity index (χ4v) is 4.96. The maximum Gasteiger partial charge on any atom is 0.0893 e. The lowest BCUT2D eigenvalue weighted by Gasteiger charge is -2.15. The number of hydrogen-bond donors (Lipinski definition) is 2. The predicted octanol–water partition coefficient (Wildman–Crippen LogP) is 2.27. The second-order valence-corrected chi connectivity index (χ2v) is 7.94. The number of aliphatic imine (C=N–C) groups is 2. The van der Waals surface area contributed by atoms with E-state index in [4.69, 9.17) is 9.98 Å². The Kier molecular flexibility index (Phi) is 3.04. The normalized spacial score (nSPS) is 28.9. The van der Waals surface area contributed by atoms with Gasteiger partial charge in [0.1, 0.15) is 0 Å². The minimum Gasteiger partial charge on any atom is -0.359 e. The van der Waals surface area contributed by atoms with E-state index in [1.54, 1.807) is 0 Å². The topological polar surface area (TPSA) is 56.3 Å². The smallest absolute Gasteiger partial charge is 0.0893 e. The number of aromatic amines is 2. The number of fused-ring (bicyclic) bond motifs is 7. The number of hydrogen-bond acceptors (Lipinski definition) is 2. The van der Waals surface area contributed by atoms with Crippen molar-refractivity contribution in [3.8, 4) is 0 Å². The molecule has 3 unspecified atom stereocenters. The Bertz CT molecular complexity index is 1090. The Balaban J connectivity index is 1.50. The summed E-state index contributed by atoms with van der Waals surface area (Å²) < 4.78 is 0. The van der Waals surface area contributed by atoms with Crippen LogP contribution in [0.3, 0.4) is 0 Å². The van der Waals surface area contributed by atoms with Gasteiger partial charge in [0.15, 0.2) is 0 Å². The first kappa shape index (κ1) is 14.5. The van der Waals surface area contributed by atoms with Gasteiger partial charge in [-0.1, -0.05) is 6.08 Å². The van der Waals surface area contributed by atoms with Crippen molar-refractivity contribution in [2.75, 3.05) is 0 Å². The molecule has 4 heteroatoms. The third-order valence-corrected chi connectivity index (χ3v) is 6.16. The highest BCUT2D eigenvalue weighted by Gasteiger charge is 2.38. The zero-order chi connectivity index (χ0) is 17.1. The second kappa shape index (κ2) is 5.44. The van der Waals surface area contributed by atoms with Crippen molar-refractivity contribution in [2.24, 2.45) is 15.9 Å². The largest absolute Gasteiger partial charge is 0.359 e. The summed E-state index contributed by atoms with van der Waals surface area (Å²) in [4.78, 5) is 17.2. The predicted molar refractivity (Wildman–Crippen MR) is 105 cm³/mol. The van der Waals surface area contributed by atoms with Crippen molar-refractivity contribution < 1.29 is 0 Å². The van der Waals surface area contributed by atoms with Gasteiger partial charge in [-0.05, 0) is 67.7 Å². The molecule has 2 aromatic heterocycles. The molecule has 5 heterocycles. The first-order valence-corrected chi connectivity index (χ1v) is 9.71. The maximum atomic E-state index is 5.12. The molecular weight excluding hydrogens is 320 g/mol. The molecule has 3 atom stereocenters. The van der Waals surface area contributed by atoms with E-state index in [0.29, 0.717) is 12.0 Å². The molecule has 2 N–H and O–H groups in total. The van der Waals surface area contributed by atoms with Crippen LogP contribution in [0.1, 0.15) is 37.1 Å². The van der Waals surface area contributed by atoms with E-state index < -0.39 is 0 Å². The summed E-state index contributed by atoms with van der Waals surface area (Å²) in [5.41, 5.74) is 6.55. The average Bonchev–Trinajstić information content (AvgIpc) is 3.38. The van der Waals surface area contributed by atoms with Crippen LogP contribution in [0.2, 0.25) is 0 Å². The van der Waals surface area contributed by atoms with E-state index in [9.17, 15) is 0 Å². The average molecular weight is 342 g/mol. The molecule has 6 rings (SSSR count). The van der Waals surface area contributed by atoms with Gasteiger partial charge in [0.05, 0.1) is 12.1 Å². The van der Waals surface area contributed by atoms with E-state index in [0.717, 1.165) is 29.2 Å². The van der Waals surface area contributed by atoms with Gasteiger partial charge in [0.25, 0.3) is 0 Å². The Morgan fingerprint density at radius 1 is 0.885 bits per heavy atom. The number of aromatic nitrogens is 2. The van der Waals surface area contributed by atoms with Gasteiger partial charge in [-0.25, -0.2) is 0 Å². The molecule has 4 nitrogen and oxygen atoms in total. The molecule has 0 radical (unpaired) electrons. The fraction of sp³-hybridized carbons (Fsp3) is 0.364. The standard InChI is InChI=1S/C22H22N4/c1-7-20-21-8-6-18(25-21)11-16-3-2-14(23-16)10-15-4-5-17(24-15)12-19-9-13(1)22(20)26-19/h2-5,9-10,12,19-21,23-24H,1,6-8,11H2. The van der Waals surface area contributed by atoms with Gasteiger partial charge in [0.2, 0.25) is 0 Å². The van der Waals surface area contributed by atoms with Crippen molar-refractivity contribution in [1.82, 2.24) is 9.97 Å². The molecule has 1 saturated carbocycles. The van der Waals surface area contributed by atoms with Crippen LogP contribution >= 0.6 is 0 Å². The number of rotatable bonds is 0. The zero-order valence-corrected chi connectivity index (χ0v) is 14.7. The van der Waals surface area contributed by atoms with Gasteiger partial charge >= 0.3 is 0 Å². The number of nitrogens with zero attached hydrogens (tertiary/aromatic N) is 2. The lowest BCUT2D eigenvalue weighted by Crippen LogP contribution is -2.21. The molecule has 1 fully saturated rings. The highest BCUT2D eigenvalue weighted by Crippen LogP contribution is 2.39. The fourth-order valence-electron chi connectivity index (χ4n) is 4.96. The van der Waals surface area contributed by atoms with Crippen LogP contribution in [0.15, 0.2) is 45.9 Å². The molecule has 0 saturated heterocycles. The van der Waals surface area contributed by atoms with Gasteiger partial charge in [-0.2, -0.15) is 0 Å². The number of nitrogens with one attached hydrogen (secondary N) is 2. The van der Waals surface area contributed by atoms with Crippen molar-refractivity contribution in [2.45, 2.75) is 44.2 Å². The van der Waals surface area contributed by atoms with Crippen LogP contribution in [-0.4, -0.2) is 33.5 Å². The molecule has 8 bridgehead atoms. The highest BCUT2D eigenvalue weighted by molar-refractivity contribution is 6.07. The van der Waals surface area contributed by atoms with Crippen LogP contribution in [0.25, 0.3) is 12.2 Å². The van der Waals surface area contributed by atoms with Crippen molar-refractivity contribution in [3.63, 3.8) is 0 Å². The SMILES string of the molecule is C1=C2CCC3C2=NC1C=c1ccc([nH]1)=Cc1ccc([nH]1)CC1=NC3CC1. The highest BCUT2D eigenvalue weighted by atomic mass is 14.9. The number of H-pyrrole nitrogens is 2. The quantitative estimate of drug-likeness (QED) is 0.738. The third-order valence-electron chi connectivity index (χ3n) is 6.16. The molecule has 0 amide bonds. The number of allylic oxidation sites excluding steroid dienone is 1. The van der Waals surface area contributed by atoms with Crippen LogP contribution in [-0.2, 0) is 6.42 Å². The molecule has 0 aromatic carbocycles. The summed E-state index contributed by atoms with van der Waals surface area (Å²) in [5.74, 6) is 0.525. The first-order chi connectivity index (χ1) is 12.8. The molecule has 2 aromatic rings. The Hall–Kier alpha value is -2.62. The maximum absolute atomic E-state index is 5.12. The second-order valence-electron chi connectivity index (χ2n) is 7.94. The van der Waals surface area contributed by atoms with Crippen molar-refractivity contribution in [3.05, 3.63) is 58.0 Å². The van der Waals surface area contributed by atoms with E-state index in [-0.39, 0.29) is 6.04 Å². The van der Waals surface area contributed by atoms with E-state index >= 15 is 0 Å². The minimum absolute atomic E-state index is 0.171. The summed E-state index contributed by atoms with van der Waals surface area (Å²) in [6.45, 7) is 0. The summed E-state index contributed by atoms with van der Waals surface area (Å²) in [5, 5.41) is 2.26. The molecule has 0 spiro atoms. The summed E-state index contributed by atoms with van der Waals surface area (Å²) in [6.07, 6.45) is 12.4. The first-order valence-electron chi connectivity index (χ1n) is 9.71. The van der Waals surface area contributed by atoms with Gasteiger partial charge < -0.3 is 9.97 Å². The molecule has 4 aliphatic rings. The van der Waals surface area contributed by atoms with Crippen molar-refractivity contribution >= 4 is 23.6 Å². The monoisotopic (exact) mass is 342 g/mol. The Morgan fingerprint density at radius 3 is 2.85 bits per heavy atom. The molecule has 1 aliphatic carbocycles. The third kappa shape index (κ3) is 2.36. The van der Waals surface area contributed by atoms with Crippen LogP contribution in [0, 0.1) is 5.92 Å². The molecular formula is C22H22N4. The Morgan fingerprint density at radius 2 is 1.85 bits per heavy atom. The van der Waals surface area contributed by atoms with E-state index in [1.165, 1.54) is 42.0 Å². The lowest BCUT2D eigenvalue weighted by atomic mass is 9.94. The summed E-state index contributed by atoms with van der Waals surface area (Å²) in [6, 6.07) is 9.23. The van der Waals surface area contributed by atoms with Crippen LogP contribution < -0.4 is 10.7 Å². The van der Waals surface area contributed by atoms with E-state index in [1.807, 2.05) is 0 Å². The van der Waals surface area contributed by atoms with Gasteiger partial charge in [-0.15, -0.1) is 0 Å². The zero-order valence-electron chi connectivity index (χ0n) is 14.7. The minimum atomic E-state index is 0.171. The summed E-state index contributed by atoms with van der Waals surface area (Å²) in [7, 11) is 0. The lowest BCUT2D eigenvalue weighted by molar-refractivity contribution is 0.520. The van der Waals surface area contributed by atoms with Crippen molar-refractivity contribution in [1.29, 1.82) is 0 Å². The summed E-state index contributed by atoms with van der Waals surface area (Å²) >= 11 is 0. The molecule has 130 valence electrons. The Labute approximate surface area is 152 Å². The van der Waals surface area contributed by atoms with Crippen LogP contribution in [0.4, 0.5) is 0 Å². The molecule has 26 heavy (non-hydrogen) atoms. The van der Waals surface area contributed by atoms with Gasteiger partial charge in [0, 0.05) is 45.8 Å². The van der Waals surface area contributed by atoms with Crippen LogP contribution in [0.5, 0.6) is 0 Å². The van der Waals surface area contributed by atoms with E-state index in [2.05, 4.69) is 52.5 Å².